The highest BCUT2D eigenvalue weighted by Gasteiger charge is 2.51. The van der Waals surface area contributed by atoms with Gasteiger partial charge in [-0.25, -0.2) is 9.86 Å². The van der Waals surface area contributed by atoms with Crippen LogP contribution in [0.1, 0.15) is 26.2 Å². The van der Waals surface area contributed by atoms with E-state index in [0.717, 1.165) is 23.3 Å². The highest BCUT2D eigenvalue weighted by Crippen LogP contribution is 2.56. The molecule has 0 radical (unpaired) electrons. The zero-order valence-electron chi connectivity index (χ0n) is 11.1. The van der Waals surface area contributed by atoms with E-state index in [2.05, 4.69) is 5.32 Å². The van der Waals surface area contributed by atoms with E-state index in [-0.39, 0.29) is 6.04 Å². The molecular weight excluding hydrogens is 240 g/mol. The Morgan fingerprint density at radius 2 is 2.05 bits per heavy atom. The highest BCUT2D eigenvalue weighted by atomic mass is 16.5. The molecule has 3 unspecified atom stereocenters. The number of hydrogen-bond donors (Lipinski definition) is 2. The Morgan fingerprint density at radius 1 is 1.37 bits per heavy atom. The Balaban J connectivity index is 1.54. The largest absolute Gasteiger partial charge is 0.345 e. The standard InChI is InChI=1S/C15H20N2O2/c1-10(13-9-14(13)11-7-8-11)17(19)15(18)16-12-5-3-2-4-6-12/h2-6,10-11,13-14,19H,7-9H2,1H3,(H,16,18). The van der Waals surface area contributed by atoms with E-state index in [9.17, 15) is 10.0 Å². The smallest absolute Gasteiger partial charge is 0.306 e. The lowest BCUT2D eigenvalue weighted by molar-refractivity contribution is -0.0752. The van der Waals surface area contributed by atoms with Crippen molar-refractivity contribution in [2.45, 2.75) is 32.2 Å². The van der Waals surface area contributed by atoms with Gasteiger partial charge in [0, 0.05) is 5.69 Å². The molecule has 4 heteroatoms. The predicted molar refractivity (Wildman–Crippen MR) is 72.9 cm³/mol. The van der Waals surface area contributed by atoms with E-state index in [0.29, 0.717) is 11.6 Å². The number of nitrogens with one attached hydrogen (secondary N) is 1. The summed E-state index contributed by atoms with van der Waals surface area (Å²) >= 11 is 0. The molecule has 0 aliphatic heterocycles. The minimum Gasteiger partial charge on any atom is -0.306 e. The van der Waals surface area contributed by atoms with Gasteiger partial charge in [0.2, 0.25) is 0 Å². The lowest BCUT2D eigenvalue weighted by Crippen LogP contribution is -2.40. The molecule has 2 amide bonds. The number of carbonyl (C=O) groups excluding carboxylic acids is 1. The Kier molecular flexibility index (Phi) is 3.19. The van der Waals surface area contributed by atoms with Gasteiger partial charge in [-0.05, 0) is 56.1 Å². The molecule has 2 saturated carbocycles. The van der Waals surface area contributed by atoms with E-state index in [1.54, 1.807) is 12.1 Å². The van der Waals surface area contributed by atoms with Gasteiger partial charge in [0.1, 0.15) is 0 Å². The maximum absolute atomic E-state index is 11.9. The number of carbonyl (C=O) groups is 1. The van der Waals surface area contributed by atoms with Crippen LogP contribution in [0.3, 0.4) is 0 Å². The molecule has 0 spiro atoms. The van der Waals surface area contributed by atoms with Crippen molar-refractivity contribution in [3.8, 4) is 0 Å². The van der Waals surface area contributed by atoms with Crippen molar-refractivity contribution in [2.75, 3.05) is 5.32 Å². The van der Waals surface area contributed by atoms with Crippen molar-refractivity contribution in [3.05, 3.63) is 30.3 Å². The second-order valence-corrected chi connectivity index (χ2v) is 5.78. The van der Waals surface area contributed by atoms with Crippen LogP contribution in [-0.2, 0) is 0 Å². The van der Waals surface area contributed by atoms with Crippen molar-refractivity contribution < 1.29 is 10.0 Å². The van der Waals surface area contributed by atoms with Crippen molar-refractivity contribution in [3.63, 3.8) is 0 Å². The van der Waals surface area contributed by atoms with Crippen LogP contribution in [0.4, 0.5) is 10.5 Å². The van der Waals surface area contributed by atoms with Crippen LogP contribution in [0.15, 0.2) is 30.3 Å². The summed E-state index contributed by atoms with van der Waals surface area (Å²) in [5.41, 5.74) is 0.702. The average molecular weight is 260 g/mol. The molecule has 1 aromatic carbocycles. The van der Waals surface area contributed by atoms with Crippen molar-refractivity contribution in [2.24, 2.45) is 17.8 Å². The lowest BCUT2D eigenvalue weighted by Gasteiger charge is -2.23. The van der Waals surface area contributed by atoms with E-state index in [4.69, 9.17) is 0 Å². The third-order valence-electron chi connectivity index (χ3n) is 4.36. The monoisotopic (exact) mass is 260 g/mol. The molecule has 3 atom stereocenters. The van der Waals surface area contributed by atoms with Gasteiger partial charge in [0.05, 0.1) is 6.04 Å². The topological polar surface area (TPSA) is 52.6 Å². The fraction of sp³-hybridized carbons (Fsp3) is 0.533. The number of para-hydroxylation sites is 1. The van der Waals surface area contributed by atoms with E-state index < -0.39 is 6.03 Å². The minimum absolute atomic E-state index is 0.102. The molecule has 19 heavy (non-hydrogen) atoms. The van der Waals surface area contributed by atoms with Crippen LogP contribution < -0.4 is 5.32 Å². The molecule has 2 aliphatic carbocycles. The number of rotatable bonds is 4. The molecule has 2 N–H and O–H groups in total. The summed E-state index contributed by atoms with van der Waals surface area (Å²) in [6.07, 6.45) is 3.81. The SMILES string of the molecule is CC(C1CC1C1CC1)N(O)C(=O)Nc1ccccc1. The summed E-state index contributed by atoms with van der Waals surface area (Å²) in [5, 5.41) is 13.6. The zero-order valence-corrected chi connectivity index (χ0v) is 11.1. The van der Waals surface area contributed by atoms with Crippen molar-refractivity contribution >= 4 is 11.7 Å². The second kappa shape index (κ2) is 4.85. The fourth-order valence-corrected chi connectivity index (χ4v) is 2.93. The Hall–Kier alpha value is -1.55. The first-order valence-electron chi connectivity index (χ1n) is 7.01. The Labute approximate surface area is 113 Å². The van der Waals surface area contributed by atoms with Gasteiger partial charge < -0.3 is 5.32 Å². The molecule has 102 valence electrons. The predicted octanol–water partition coefficient (Wildman–Crippen LogP) is 3.34. The third kappa shape index (κ3) is 2.73. The van der Waals surface area contributed by atoms with Crippen LogP contribution in [0.2, 0.25) is 0 Å². The summed E-state index contributed by atoms with van der Waals surface area (Å²) in [5.74, 6) is 2.06. The molecular formula is C15H20N2O2. The first-order chi connectivity index (χ1) is 9.16. The average Bonchev–Trinajstić information content (AvgIpc) is 3.29. The molecule has 4 nitrogen and oxygen atoms in total. The Morgan fingerprint density at radius 3 is 2.68 bits per heavy atom. The maximum atomic E-state index is 11.9. The fourth-order valence-electron chi connectivity index (χ4n) is 2.93. The first kappa shape index (κ1) is 12.5. The lowest BCUT2D eigenvalue weighted by atomic mass is 10.1. The molecule has 0 saturated heterocycles. The van der Waals surface area contributed by atoms with Gasteiger partial charge in [-0.3, -0.25) is 5.21 Å². The van der Waals surface area contributed by atoms with E-state index in [1.165, 1.54) is 12.8 Å². The number of hydrogen-bond acceptors (Lipinski definition) is 2. The van der Waals surface area contributed by atoms with Crippen molar-refractivity contribution in [1.29, 1.82) is 0 Å². The van der Waals surface area contributed by atoms with Crippen LogP contribution in [0.5, 0.6) is 0 Å². The Bertz CT molecular complexity index is 458. The minimum atomic E-state index is -0.444. The molecule has 1 aromatic rings. The number of amides is 2. The highest BCUT2D eigenvalue weighted by molar-refractivity contribution is 5.88. The molecule has 0 bridgehead atoms. The van der Waals surface area contributed by atoms with Gasteiger partial charge in [0.15, 0.2) is 0 Å². The summed E-state index contributed by atoms with van der Waals surface area (Å²) in [6.45, 7) is 1.93. The van der Waals surface area contributed by atoms with E-state index >= 15 is 0 Å². The van der Waals surface area contributed by atoms with Crippen LogP contribution in [0.25, 0.3) is 0 Å². The number of nitrogens with zero attached hydrogens (tertiary/aromatic N) is 1. The second-order valence-electron chi connectivity index (χ2n) is 5.78. The van der Waals surface area contributed by atoms with Gasteiger partial charge in [-0.2, -0.15) is 0 Å². The molecule has 2 aliphatic rings. The van der Waals surface area contributed by atoms with Crippen molar-refractivity contribution in [1.82, 2.24) is 5.06 Å². The maximum Gasteiger partial charge on any atom is 0.345 e. The quantitative estimate of drug-likeness (QED) is 0.644. The molecule has 0 aromatic heterocycles. The third-order valence-corrected chi connectivity index (χ3v) is 4.36. The number of anilines is 1. The summed E-state index contributed by atoms with van der Waals surface area (Å²) in [7, 11) is 0. The van der Waals surface area contributed by atoms with E-state index in [1.807, 2.05) is 25.1 Å². The molecule has 3 rings (SSSR count). The summed E-state index contributed by atoms with van der Waals surface area (Å²) < 4.78 is 0. The molecule has 0 heterocycles. The van der Waals surface area contributed by atoms with Crippen LogP contribution in [0, 0.1) is 17.8 Å². The zero-order chi connectivity index (χ0) is 13.4. The van der Waals surface area contributed by atoms with Gasteiger partial charge in [-0.1, -0.05) is 18.2 Å². The van der Waals surface area contributed by atoms with Crippen LogP contribution in [-0.4, -0.2) is 22.3 Å². The van der Waals surface area contributed by atoms with Gasteiger partial charge >= 0.3 is 6.03 Å². The van der Waals surface area contributed by atoms with Gasteiger partial charge in [0.25, 0.3) is 0 Å². The number of benzene rings is 1. The summed E-state index contributed by atoms with van der Waals surface area (Å²) in [6, 6.07) is 8.66. The normalized spacial score (nSPS) is 26.6. The number of urea groups is 1. The number of hydroxylamine groups is 2. The summed E-state index contributed by atoms with van der Waals surface area (Å²) in [4.78, 5) is 11.9. The molecule has 2 fully saturated rings. The first-order valence-corrected chi connectivity index (χ1v) is 7.01. The van der Waals surface area contributed by atoms with Crippen LogP contribution >= 0.6 is 0 Å². The van der Waals surface area contributed by atoms with Gasteiger partial charge in [-0.15, -0.1) is 0 Å².